The van der Waals surface area contributed by atoms with Gasteiger partial charge in [0, 0.05) is 0 Å². The number of hydrogen-bond donors (Lipinski definition) is 3. The van der Waals surface area contributed by atoms with Crippen LogP contribution in [0.4, 0.5) is 0 Å². The third-order valence-corrected chi connectivity index (χ3v) is 2.07. The van der Waals surface area contributed by atoms with E-state index in [2.05, 4.69) is 9.97 Å². The zero-order chi connectivity index (χ0) is 10.1. The number of carbonyl (C=O) groups is 1. The van der Waals surface area contributed by atoms with Crippen LogP contribution in [0.15, 0.2) is 23.0 Å². The van der Waals surface area contributed by atoms with Crippen LogP contribution in [0.5, 0.6) is 0 Å². The van der Waals surface area contributed by atoms with Gasteiger partial charge in [0.25, 0.3) is 0 Å². The molecule has 0 spiro atoms. The number of nitrogens with one attached hydrogen (secondary N) is 2. The Balaban J connectivity index is 2.61. The molecule has 1 aromatic carbocycles. The number of H-pyrrole nitrogens is 2. The van der Waals surface area contributed by atoms with E-state index in [9.17, 15) is 9.59 Å². The highest BCUT2D eigenvalue weighted by Crippen LogP contribution is 2.13. The first-order valence-electron chi connectivity index (χ1n) is 4.13. The third-order valence-electron chi connectivity index (χ3n) is 2.07. The van der Waals surface area contributed by atoms with Gasteiger partial charge >= 0.3 is 5.69 Å². The molecule has 0 bridgehead atoms. The van der Waals surface area contributed by atoms with Crippen LogP contribution in [0.2, 0.25) is 0 Å². The minimum atomic E-state index is -0.641. The number of benzene rings is 1. The average Bonchev–Trinajstić information content (AvgIpc) is 2.55. The third kappa shape index (κ3) is 1.33. The Morgan fingerprint density at radius 2 is 2.00 bits per heavy atom. The van der Waals surface area contributed by atoms with Crippen molar-refractivity contribution in [2.75, 3.05) is 0 Å². The zero-order valence-electron chi connectivity index (χ0n) is 7.28. The first-order chi connectivity index (χ1) is 6.70. The standard InChI is InChI=1S/C9H9N3O2/c10-6(4-13)5-1-2-7-8(3-5)12-9(14)11-7/h1-4,6H,10H2,(H2,11,12,14). The van der Waals surface area contributed by atoms with Crippen molar-refractivity contribution < 1.29 is 4.79 Å². The summed E-state index contributed by atoms with van der Waals surface area (Å²) in [6.45, 7) is 0. The molecule has 1 atom stereocenters. The van der Waals surface area contributed by atoms with Crippen LogP contribution in [0.3, 0.4) is 0 Å². The summed E-state index contributed by atoms with van der Waals surface area (Å²) in [5.41, 5.74) is 7.30. The van der Waals surface area contributed by atoms with Gasteiger partial charge in [0.1, 0.15) is 6.29 Å². The molecule has 0 aliphatic rings. The number of hydrogen-bond acceptors (Lipinski definition) is 3. The first-order valence-corrected chi connectivity index (χ1v) is 4.13. The molecule has 2 aromatic rings. The number of fused-ring (bicyclic) bond motifs is 1. The SMILES string of the molecule is NC(C=O)c1ccc2[nH]c(=O)[nH]c2c1. The summed E-state index contributed by atoms with van der Waals surface area (Å²) in [5, 5.41) is 0. The van der Waals surface area contributed by atoms with Gasteiger partial charge in [-0.1, -0.05) is 6.07 Å². The van der Waals surface area contributed by atoms with E-state index in [1.54, 1.807) is 18.2 Å². The molecule has 14 heavy (non-hydrogen) atoms. The summed E-state index contributed by atoms with van der Waals surface area (Å²) < 4.78 is 0. The van der Waals surface area contributed by atoms with Crippen molar-refractivity contribution in [1.82, 2.24) is 9.97 Å². The van der Waals surface area contributed by atoms with Gasteiger partial charge in [-0.15, -0.1) is 0 Å². The molecule has 0 amide bonds. The van der Waals surface area contributed by atoms with Crippen LogP contribution in [0.25, 0.3) is 11.0 Å². The van der Waals surface area contributed by atoms with Gasteiger partial charge in [-0.25, -0.2) is 4.79 Å². The van der Waals surface area contributed by atoms with Crippen molar-refractivity contribution in [3.63, 3.8) is 0 Å². The molecule has 0 fully saturated rings. The van der Waals surface area contributed by atoms with E-state index >= 15 is 0 Å². The van der Waals surface area contributed by atoms with Crippen LogP contribution >= 0.6 is 0 Å². The molecule has 1 unspecified atom stereocenters. The molecule has 0 aliphatic heterocycles. The van der Waals surface area contributed by atoms with Crippen LogP contribution < -0.4 is 11.4 Å². The molecule has 1 heterocycles. The van der Waals surface area contributed by atoms with Crippen molar-refractivity contribution in [2.45, 2.75) is 6.04 Å². The van der Waals surface area contributed by atoms with Gasteiger partial charge in [-0.3, -0.25) is 0 Å². The van der Waals surface area contributed by atoms with Crippen molar-refractivity contribution in [3.05, 3.63) is 34.2 Å². The number of aromatic amines is 2. The Hall–Kier alpha value is -1.88. The predicted molar refractivity (Wildman–Crippen MR) is 51.9 cm³/mol. The second kappa shape index (κ2) is 3.12. The number of imidazole rings is 1. The number of rotatable bonds is 2. The lowest BCUT2D eigenvalue weighted by atomic mass is 10.1. The lowest BCUT2D eigenvalue weighted by Gasteiger charge is -2.02. The fraction of sp³-hybridized carbons (Fsp3) is 0.111. The quantitative estimate of drug-likeness (QED) is 0.586. The molecule has 2 rings (SSSR count). The maximum atomic E-state index is 10.9. The minimum Gasteiger partial charge on any atom is -0.318 e. The van der Waals surface area contributed by atoms with Crippen LogP contribution in [-0.4, -0.2) is 16.3 Å². The summed E-state index contributed by atoms with van der Waals surface area (Å²) >= 11 is 0. The summed E-state index contributed by atoms with van der Waals surface area (Å²) in [4.78, 5) is 26.6. The Bertz CT molecular complexity index is 526. The molecular weight excluding hydrogens is 182 g/mol. The van der Waals surface area contributed by atoms with Crippen molar-refractivity contribution in [2.24, 2.45) is 5.73 Å². The van der Waals surface area contributed by atoms with Gasteiger partial charge in [-0.2, -0.15) is 0 Å². The van der Waals surface area contributed by atoms with Gasteiger partial charge in [0.2, 0.25) is 0 Å². The molecule has 5 nitrogen and oxygen atoms in total. The van der Waals surface area contributed by atoms with E-state index in [0.29, 0.717) is 22.9 Å². The molecule has 5 heteroatoms. The smallest absolute Gasteiger partial charge is 0.318 e. The van der Waals surface area contributed by atoms with Gasteiger partial charge < -0.3 is 20.5 Å². The van der Waals surface area contributed by atoms with Gasteiger partial charge in [0.05, 0.1) is 17.1 Å². The Kier molecular flexibility index (Phi) is 1.94. The maximum absolute atomic E-state index is 10.9. The largest absolute Gasteiger partial charge is 0.323 e. The monoisotopic (exact) mass is 191 g/mol. The number of aromatic nitrogens is 2. The van der Waals surface area contributed by atoms with E-state index in [-0.39, 0.29) is 5.69 Å². The van der Waals surface area contributed by atoms with Crippen molar-refractivity contribution >= 4 is 17.3 Å². The number of nitrogens with two attached hydrogens (primary N) is 1. The molecule has 0 saturated carbocycles. The van der Waals surface area contributed by atoms with E-state index in [1.807, 2.05) is 0 Å². The molecule has 0 saturated heterocycles. The minimum absolute atomic E-state index is 0.267. The van der Waals surface area contributed by atoms with Crippen molar-refractivity contribution in [1.29, 1.82) is 0 Å². The molecule has 4 N–H and O–H groups in total. The highest BCUT2D eigenvalue weighted by molar-refractivity contribution is 5.76. The van der Waals surface area contributed by atoms with Crippen molar-refractivity contribution in [3.8, 4) is 0 Å². The molecule has 1 aromatic heterocycles. The fourth-order valence-electron chi connectivity index (χ4n) is 1.34. The highest BCUT2D eigenvalue weighted by Gasteiger charge is 2.05. The predicted octanol–water partition coefficient (Wildman–Crippen LogP) is 0.0549. The number of aldehydes is 1. The lowest BCUT2D eigenvalue weighted by molar-refractivity contribution is -0.109. The van der Waals surface area contributed by atoms with E-state index in [0.717, 1.165) is 0 Å². The Labute approximate surface area is 78.9 Å². The van der Waals surface area contributed by atoms with Crippen LogP contribution in [0.1, 0.15) is 11.6 Å². The second-order valence-electron chi connectivity index (χ2n) is 3.05. The summed E-state index contributed by atoms with van der Waals surface area (Å²) in [6, 6.07) is 4.47. The van der Waals surface area contributed by atoms with E-state index in [1.165, 1.54) is 0 Å². The summed E-state index contributed by atoms with van der Waals surface area (Å²) in [5.74, 6) is 0. The number of carbonyl (C=O) groups excluding carboxylic acids is 1. The highest BCUT2D eigenvalue weighted by atomic mass is 16.1. The topological polar surface area (TPSA) is 91.7 Å². The van der Waals surface area contributed by atoms with Gasteiger partial charge in [0.15, 0.2) is 0 Å². The van der Waals surface area contributed by atoms with Crippen LogP contribution in [0, 0.1) is 0 Å². The second-order valence-corrected chi connectivity index (χ2v) is 3.05. The normalized spacial score (nSPS) is 12.9. The Morgan fingerprint density at radius 1 is 1.29 bits per heavy atom. The zero-order valence-corrected chi connectivity index (χ0v) is 7.28. The molecule has 72 valence electrons. The summed E-state index contributed by atoms with van der Waals surface area (Å²) in [6.07, 6.45) is 0.659. The van der Waals surface area contributed by atoms with Crippen LogP contribution in [-0.2, 0) is 4.79 Å². The molecule has 0 radical (unpaired) electrons. The maximum Gasteiger partial charge on any atom is 0.323 e. The van der Waals surface area contributed by atoms with E-state index in [4.69, 9.17) is 5.73 Å². The lowest BCUT2D eigenvalue weighted by Crippen LogP contribution is -2.10. The summed E-state index contributed by atoms with van der Waals surface area (Å²) in [7, 11) is 0. The fourth-order valence-corrected chi connectivity index (χ4v) is 1.34. The Morgan fingerprint density at radius 3 is 2.71 bits per heavy atom. The average molecular weight is 191 g/mol. The van der Waals surface area contributed by atoms with Gasteiger partial charge in [-0.05, 0) is 17.7 Å². The first kappa shape index (κ1) is 8.71. The molecular formula is C9H9N3O2. The van der Waals surface area contributed by atoms with E-state index < -0.39 is 6.04 Å². The molecule has 0 aliphatic carbocycles.